The molecule has 3 aromatic heterocycles. The summed E-state index contributed by atoms with van der Waals surface area (Å²) in [6.45, 7) is 0.236. The van der Waals surface area contributed by atoms with Crippen molar-refractivity contribution in [3.05, 3.63) is 100 Å². The van der Waals surface area contributed by atoms with Gasteiger partial charge in [-0.15, -0.1) is 11.3 Å². The molecule has 0 radical (unpaired) electrons. The van der Waals surface area contributed by atoms with E-state index >= 15 is 0 Å². The molecule has 3 heterocycles. The Bertz CT molecular complexity index is 1320. The minimum atomic E-state index is -0.159. The van der Waals surface area contributed by atoms with Gasteiger partial charge >= 0.3 is 0 Å². The SMILES string of the molecule is O=c1cc(COc2ccccc2)nc2c(-c3cc(-c4ccccc4)cs3)c[nH]n12. The summed E-state index contributed by atoms with van der Waals surface area (Å²) < 4.78 is 7.22. The number of ether oxygens (including phenoxy) is 1. The Hall–Kier alpha value is -3.64. The monoisotopic (exact) mass is 399 g/mol. The highest BCUT2D eigenvalue weighted by Gasteiger charge is 2.13. The second-order valence-electron chi connectivity index (χ2n) is 6.60. The lowest BCUT2D eigenvalue weighted by Gasteiger charge is -2.05. The second-order valence-corrected chi connectivity index (χ2v) is 7.51. The van der Waals surface area contributed by atoms with Crippen molar-refractivity contribution in [1.29, 1.82) is 0 Å². The average Bonchev–Trinajstić information content (AvgIpc) is 3.41. The minimum absolute atomic E-state index is 0.159. The number of aromatic amines is 1. The number of rotatable bonds is 5. The molecule has 5 nitrogen and oxygen atoms in total. The van der Waals surface area contributed by atoms with Gasteiger partial charge < -0.3 is 4.74 Å². The van der Waals surface area contributed by atoms with Gasteiger partial charge in [0.1, 0.15) is 12.4 Å². The third kappa shape index (κ3) is 3.46. The third-order valence-corrected chi connectivity index (χ3v) is 5.62. The number of nitrogens with zero attached hydrogens (tertiary/aromatic N) is 2. The lowest BCUT2D eigenvalue weighted by atomic mass is 10.1. The van der Waals surface area contributed by atoms with Crippen LogP contribution in [-0.4, -0.2) is 14.6 Å². The molecule has 0 spiro atoms. The van der Waals surface area contributed by atoms with Crippen molar-refractivity contribution in [3.8, 4) is 27.3 Å². The molecule has 0 aliphatic rings. The van der Waals surface area contributed by atoms with Crippen LogP contribution in [0.5, 0.6) is 5.75 Å². The van der Waals surface area contributed by atoms with Crippen molar-refractivity contribution < 1.29 is 4.74 Å². The molecular formula is C23H17N3O2S. The summed E-state index contributed by atoms with van der Waals surface area (Å²) in [7, 11) is 0. The van der Waals surface area contributed by atoms with Crippen LogP contribution in [0.2, 0.25) is 0 Å². The fourth-order valence-corrected chi connectivity index (χ4v) is 4.15. The maximum Gasteiger partial charge on any atom is 0.273 e. The summed E-state index contributed by atoms with van der Waals surface area (Å²) >= 11 is 1.63. The number of benzene rings is 2. The second kappa shape index (κ2) is 7.41. The third-order valence-electron chi connectivity index (χ3n) is 4.65. The van der Waals surface area contributed by atoms with Crippen LogP contribution in [0.3, 0.4) is 0 Å². The van der Waals surface area contributed by atoms with E-state index in [0.717, 1.165) is 27.3 Å². The van der Waals surface area contributed by atoms with Crippen LogP contribution in [0.15, 0.2) is 89.2 Å². The Morgan fingerprint density at radius 2 is 1.72 bits per heavy atom. The highest BCUT2D eigenvalue weighted by Crippen LogP contribution is 2.34. The number of hydrogen-bond donors (Lipinski definition) is 1. The van der Waals surface area contributed by atoms with E-state index in [4.69, 9.17) is 4.74 Å². The molecule has 29 heavy (non-hydrogen) atoms. The van der Waals surface area contributed by atoms with Gasteiger partial charge in [0.25, 0.3) is 5.56 Å². The summed E-state index contributed by atoms with van der Waals surface area (Å²) in [4.78, 5) is 18.3. The number of thiophene rings is 1. The molecule has 5 rings (SSSR count). The first kappa shape index (κ1) is 17.5. The summed E-state index contributed by atoms with van der Waals surface area (Å²) in [5.41, 5.74) is 4.25. The van der Waals surface area contributed by atoms with Crippen LogP contribution in [0.25, 0.3) is 27.2 Å². The van der Waals surface area contributed by atoms with Crippen LogP contribution in [-0.2, 0) is 6.61 Å². The van der Waals surface area contributed by atoms with Crippen molar-refractivity contribution in [1.82, 2.24) is 14.6 Å². The Balaban J connectivity index is 1.50. The number of nitrogens with one attached hydrogen (secondary N) is 1. The van der Waals surface area contributed by atoms with Gasteiger partial charge in [0.05, 0.1) is 11.3 Å². The first-order valence-corrected chi connectivity index (χ1v) is 10.1. The fraction of sp³-hybridized carbons (Fsp3) is 0.0435. The van der Waals surface area contributed by atoms with Gasteiger partial charge in [-0.25, -0.2) is 9.50 Å². The summed E-state index contributed by atoms with van der Waals surface area (Å²) in [5.74, 6) is 0.745. The van der Waals surface area contributed by atoms with E-state index in [1.54, 1.807) is 11.3 Å². The van der Waals surface area contributed by atoms with E-state index in [-0.39, 0.29) is 12.2 Å². The molecule has 0 aliphatic heterocycles. The maximum atomic E-state index is 12.5. The van der Waals surface area contributed by atoms with Gasteiger partial charge in [0.15, 0.2) is 5.65 Å². The first-order chi connectivity index (χ1) is 14.3. The molecule has 0 saturated heterocycles. The molecule has 0 aliphatic carbocycles. The fourth-order valence-electron chi connectivity index (χ4n) is 3.22. The molecule has 142 valence electrons. The predicted molar refractivity (Wildman–Crippen MR) is 115 cm³/mol. The van der Waals surface area contributed by atoms with Crippen LogP contribution < -0.4 is 10.3 Å². The topological polar surface area (TPSA) is 59.4 Å². The number of hydrogen-bond acceptors (Lipinski definition) is 4. The zero-order valence-electron chi connectivity index (χ0n) is 15.4. The Morgan fingerprint density at radius 3 is 2.52 bits per heavy atom. The summed E-state index contributed by atoms with van der Waals surface area (Å²) in [6.07, 6.45) is 1.83. The molecule has 0 atom stereocenters. The Labute approximate surface area is 170 Å². The molecule has 0 unspecified atom stereocenters. The standard InChI is InChI=1S/C23H17N3O2S/c27-22-12-18(14-28-19-9-5-2-6-10-19)25-23-20(13-24-26(22)23)21-11-17(15-29-21)16-7-3-1-4-8-16/h1-13,15,24H,14H2. The Kier molecular flexibility index (Phi) is 4.46. The number of H-pyrrole nitrogens is 1. The van der Waals surface area contributed by atoms with Crippen LogP contribution >= 0.6 is 11.3 Å². The molecular weight excluding hydrogens is 382 g/mol. The zero-order valence-corrected chi connectivity index (χ0v) is 16.2. The highest BCUT2D eigenvalue weighted by atomic mass is 32.1. The molecule has 5 aromatic rings. The zero-order chi connectivity index (χ0) is 19.6. The maximum absolute atomic E-state index is 12.5. The van der Waals surface area contributed by atoms with Gasteiger partial charge in [-0.2, -0.15) is 0 Å². The van der Waals surface area contributed by atoms with E-state index in [1.165, 1.54) is 10.6 Å². The van der Waals surface area contributed by atoms with Gasteiger partial charge in [-0.1, -0.05) is 48.5 Å². The largest absolute Gasteiger partial charge is 0.487 e. The van der Waals surface area contributed by atoms with Crippen molar-refractivity contribution in [2.24, 2.45) is 0 Å². The smallest absolute Gasteiger partial charge is 0.273 e. The number of fused-ring (bicyclic) bond motifs is 1. The average molecular weight is 399 g/mol. The van der Waals surface area contributed by atoms with Crippen molar-refractivity contribution in [3.63, 3.8) is 0 Å². The summed E-state index contributed by atoms with van der Waals surface area (Å²) in [5, 5.41) is 5.13. The molecule has 0 bridgehead atoms. The molecule has 1 N–H and O–H groups in total. The first-order valence-electron chi connectivity index (χ1n) is 9.20. The molecule has 0 fully saturated rings. The van der Waals surface area contributed by atoms with Gasteiger partial charge in [-0.05, 0) is 34.7 Å². The van der Waals surface area contributed by atoms with Crippen molar-refractivity contribution in [2.75, 3.05) is 0 Å². The van der Waals surface area contributed by atoms with Gasteiger partial charge in [0.2, 0.25) is 0 Å². The van der Waals surface area contributed by atoms with Crippen molar-refractivity contribution >= 4 is 17.0 Å². The van der Waals surface area contributed by atoms with Gasteiger partial charge in [0, 0.05) is 17.1 Å². The van der Waals surface area contributed by atoms with Crippen LogP contribution in [0.4, 0.5) is 0 Å². The number of para-hydroxylation sites is 1. The molecule has 2 aromatic carbocycles. The van der Waals surface area contributed by atoms with Gasteiger partial charge in [-0.3, -0.25) is 9.89 Å². The van der Waals surface area contributed by atoms with E-state index in [1.807, 2.05) is 54.7 Å². The van der Waals surface area contributed by atoms with Crippen LogP contribution in [0.1, 0.15) is 5.69 Å². The molecule has 0 amide bonds. The Morgan fingerprint density at radius 1 is 0.966 bits per heavy atom. The summed E-state index contributed by atoms with van der Waals surface area (Å²) in [6, 6.07) is 23.4. The lowest BCUT2D eigenvalue weighted by Crippen LogP contribution is -2.16. The highest BCUT2D eigenvalue weighted by molar-refractivity contribution is 7.14. The van der Waals surface area contributed by atoms with E-state index in [0.29, 0.717) is 11.3 Å². The lowest BCUT2D eigenvalue weighted by molar-refractivity contribution is 0.301. The van der Waals surface area contributed by atoms with E-state index in [9.17, 15) is 4.79 Å². The molecule has 0 saturated carbocycles. The normalized spacial score (nSPS) is 11.0. The van der Waals surface area contributed by atoms with Crippen LogP contribution in [0, 0.1) is 0 Å². The van der Waals surface area contributed by atoms with E-state index < -0.39 is 0 Å². The molecule has 6 heteroatoms. The van der Waals surface area contributed by atoms with E-state index in [2.05, 4.69) is 33.7 Å². The number of aromatic nitrogens is 3. The van der Waals surface area contributed by atoms with Crippen molar-refractivity contribution in [2.45, 2.75) is 6.61 Å². The minimum Gasteiger partial charge on any atom is -0.487 e. The quantitative estimate of drug-likeness (QED) is 0.453. The predicted octanol–water partition coefficient (Wildman–Crippen LogP) is 5.00.